The number of nitrogens with two attached hydrogens (primary N) is 1. The number of nitrogens with zero attached hydrogens (tertiary/aromatic N) is 1. The third-order valence-electron chi connectivity index (χ3n) is 4.45. The number of rotatable bonds is 4. The molecule has 1 fully saturated rings. The molecule has 23 heavy (non-hydrogen) atoms. The van der Waals surface area contributed by atoms with E-state index in [9.17, 15) is 9.59 Å². The summed E-state index contributed by atoms with van der Waals surface area (Å²) in [7, 11) is 0. The lowest BCUT2D eigenvalue weighted by atomic mass is 10.0. The van der Waals surface area contributed by atoms with Crippen LogP contribution in [-0.2, 0) is 4.79 Å². The molecular formula is C18H27N3O2. The van der Waals surface area contributed by atoms with Gasteiger partial charge in [-0.3, -0.25) is 9.59 Å². The first-order valence-corrected chi connectivity index (χ1v) is 8.30. The Labute approximate surface area is 138 Å². The maximum Gasteiger partial charge on any atom is 0.253 e. The van der Waals surface area contributed by atoms with Crippen LogP contribution in [0.3, 0.4) is 0 Å². The Morgan fingerprint density at radius 3 is 2.26 bits per heavy atom. The number of nitrogens with one attached hydrogen (secondary N) is 1. The minimum Gasteiger partial charge on any atom is -0.352 e. The van der Waals surface area contributed by atoms with E-state index in [0.717, 1.165) is 24.0 Å². The number of aryl methyl sites for hydroxylation is 1. The van der Waals surface area contributed by atoms with Crippen LogP contribution in [-0.4, -0.2) is 41.9 Å². The summed E-state index contributed by atoms with van der Waals surface area (Å²) < 4.78 is 0. The molecule has 0 aromatic heterocycles. The largest absolute Gasteiger partial charge is 0.352 e. The topological polar surface area (TPSA) is 75.4 Å². The van der Waals surface area contributed by atoms with Crippen molar-refractivity contribution in [2.24, 2.45) is 11.7 Å². The van der Waals surface area contributed by atoms with Crippen molar-refractivity contribution in [2.75, 3.05) is 13.1 Å². The quantitative estimate of drug-likeness (QED) is 0.887. The first kappa shape index (κ1) is 17.5. The van der Waals surface area contributed by atoms with E-state index in [1.807, 2.05) is 49.9 Å². The number of carbonyl (C=O) groups excluding carboxylic acids is 2. The summed E-state index contributed by atoms with van der Waals surface area (Å²) in [6.07, 6.45) is 1.54. The van der Waals surface area contributed by atoms with Gasteiger partial charge in [-0.05, 0) is 37.8 Å². The summed E-state index contributed by atoms with van der Waals surface area (Å²) in [4.78, 5) is 26.3. The lowest BCUT2D eigenvalue weighted by molar-refractivity contribution is -0.124. The molecular weight excluding hydrogens is 290 g/mol. The molecule has 1 aromatic carbocycles. The molecule has 0 saturated carbocycles. The van der Waals surface area contributed by atoms with Crippen LogP contribution in [0, 0.1) is 12.8 Å². The molecule has 5 heteroatoms. The van der Waals surface area contributed by atoms with E-state index < -0.39 is 6.04 Å². The van der Waals surface area contributed by atoms with Crippen molar-refractivity contribution in [3.8, 4) is 0 Å². The molecule has 0 unspecified atom stereocenters. The lowest BCUT2D eigenvalue weighted by Crippen LogP contribution is -2.51. The van der Waals surface area contributed by atoms with Crippen LogP contribution in [0.1, 0.15) is 42.6 Å². The van der Waals surface area contributed by atoms with E-state index in [1.54, 1.807) is 0 Å². The normalized spacial score (nSPS) is 17.2. The lowest BCUT2D eigenvalue weighted by Gasteiger charge is -2.33. The van der Waals surface area contributed by atoms with Gasteiger partial charge in [0.05, 0.1) is 6.04 Å². The smallest absolute Gasteiger partial charge is 0.253 e. The van der Waals surface area contributed by atoms with Crippen molar-refractivity contribution >= 4 is 11.8 Å². The van der Waals surface area contributed by atoms with Crippen LogP contribution in [0.4, 0.5) is 0 Å². The molecule has 0 radical (unpaired) electrons. The van der Waals surface area contributed by atoms with Crippen molar-refractivity contribution < 1.29 is 9.59 Å². The molecule has 2 amide bonds. The summed E-state index contributed by atoms with van der Waals surface area (Å²) in [5.41, 5.74) is 7.73. The second-order valence-electron chi connectivity index (χ2n) is 6.71. The second-order valence-corrected chi connectivity index (χ2v) is 6.71. The first-order valence-electron chi connectivity index (χ1n) is 8.30. The van der Waals surface area contributed by atoms with E-state index in [4.69, 9.17) is 5.73 Å². The van der Waals surface area contributed by atoms with Crippen molar-refractivity contribution in [1.29, 1.82) is 0 Å². The van der Waals surface area contributed by atoms with Gasteiger partial charge in [0.1, 0.15) is 0 Å². The Kier molecular flexibility index (Phi) is 5.77. The zero-order valence-electron chi connectivity index (χ0n) is 14.2. The van der Waals surface area contributed by atoms with Gasteiger partial charge < -0.3 is 16.0 Å². The van der Waals surface area contributed by atoms with E-state index in [0.29, 0.717) is 13.1 Å². The van der Waals surface area contributed by atoms with Gasteiger partial charge in [-0.1, -0.05) is 31.5 Å². The minimum atomic E-state index is -0.470. The average Bonchev–Trinajstić information content (AvgIpc) is 2.54. The van der Waals surface area contributed by atoms with Gasteiger partial charge >= 0.3 is 0 Å². The third kappa shape index (κ3) is 4.55. The molecule has 0 spiro atoms. The Morgan fingerprint density at radius 1 is 1.17 bits per heavy atom. The molecule has 1 saturated heterocycles. The number of hydrogen-bond donors (Lipinski definition) is 2. The van der Waals surface area contributed by atoms with Crippen LogP contribution < -0.4 is 11.1 Å². The highest BCUT2D eigenvalue weighted by Gasteiger charge is 2.26. The predicted molar refractivity (Wildman–Crippen MR) is 91.1 cm³/mol. The number of carbonyl (C=O) groups is 2. The molecule has 126 valence electrons. The highest BCUT2D eigenvalue weighted by Crippen LogP contribution is 2.15. The highest BCUT2D eigenvalue weighted by molar-refractivity contribution is 5.94. The Morgan fingerprint density at radius 2 is 1.74 bits per heavy atom. The number of likely N-dealkylation sites (tertiary alicyclic amines) is 1. The second kappa shape index (κ2) is 7.59. The fourth-order valence-corrected chi connectivity index (χ4v) is 2.71. The van der Waals surface area contributed by atoms with Crippen molar-refractivity contribution in [1.82, 2.24) is 10.2 Å². The Bertz CT molecular complexity index is 546. The molecule has 1 aliphatic rings. The summed E-state index contributed by atoms with van der Waals surface area (Å²) >= 11 is 0. The monoisotopic (exact) mass is 317 g/mol. The van der Waals surface area contributed by atoms with Crippen molar-refractivity contribution in [3.05, 3.63) is 35.4 Å². The van der Waals surface area contributed by atoms with Gasteiger partial charge in [0, 0.05) is 24.7 Å². The van der Waals surface area contributed by atoms with Gasteiger partial charge in [0.25, 0.3) is 5.91 Å². The minimum absolute atomic E-state index is 0.0636. The SMILES string of the molecule is Cc1ccc(C(=O)N2CCC(NC(=O)[C@@H](N)C(C)C)CC2)cc1. The predicted octanol–water partition coefficient (Wildman–Crippen LogP) is 1.70. The van der Waals surface area contributed by atoms with Gasteiger partial charge in [0.15, 0.2) is 0 Å². The zero-order chi connectivity index (χ0) is 17.0. The third-order valence-corrected chi connectivity index (χ3v) is 4.45. The summed E-state index contributed by atoms with van der Waals surface area (Å²) in [6, 6.07) is 7.28. The number of benzene rings is 1. The van der Waals surface area contributed by atoms with Gasteiger partial charge in [-0.2, -0.15) is 0 Å². The summed E-state index contributed by atoms with van der Waals surface area (Å²) in [6.45, 7) is 7.20. The van der Waals surface area contributed by atoms with Gasteiger partial charge in [0.2, 0.25) is 5.91 Å². The van der Waals surface area contributed by atoms with Crippen LogP contribution in [0.15, 0.2) is 24.3 Å². The van der Waals surface area contributed by atoms with Gasteiger partial charge in [-0.15, -0.1) is 0 Å². The highest BCUT2D eigenvalue weighted by atomic mass is 16.2. The molecule has 0 bridgehead atoms. The Balaban J connectivity index is 1.85. The fourth-order valence-electron chi connectivity index (χ4n) is 2.71. The fraction of sp³-hybridized carbons (Fsp3) is 0.556. The van der Waals surface area contributed by atoms with Crippen LogP contribution in [0.25, 0.3) is 0 Å². The van der Waals surface area contributed by atoms with Crippen LogP contribution >= 0.6 is 0 Å². The molecule has 5 nitrogen and oxygen atoms in total. The molecule has 1 aliphatic heterocycles. The molecule has 2 rings (SSSR count). The summed E-state index contributed by atoms with van der Waals surface area (Å²) in [5, 5.41) is 3.00. The van der Waals surface area contributed by atoms with Gasteiger partial charge in [-0.25, -0.2) is 0 Å². The summed E-state index contributed by atoms with van der Waals surface area (Å²) in [5.74, 6) is 0.0928. The molecule has 1 aromatic rings. The van der Waals surface area contributed by atoms with Crippen molar-refractivity contribution in [3.63, 3.8) is 0 Å². The van der Waals surface area contributed by atoms with E-state index in [1.165, 1.54) is 0 Å². The average molecular weight is 317 g/mol. The molecule has 3 N–H and O–H groups in total. The van der Waals surface area contributed by atoms with E-state index in [2.05, 4.69) is 5.32 Å². The number of amides is 2. The molecule has 1 atom stereocenters. The number of piperidine rings is 1. The molecule has 0 aliphatic carbocycles. The molecule has 1 heterocycles. The maximum absolute atomic E-state index is 12.5. The first-order chi connectivity index (χ1) is 10.9. The van der Waals surface area contributed by atoms with Crippen molar-refractivity contribution in [2.45, 2.75) is 45.7 Å². The van der Waals surface area contributed by atoms with Crippen LogP contribution in [0.5, 0.6) is 0 Å². The Hall–Kier alpha value is -1.88. The number of hydrogen-bond acceptors (Lipinski definition) is 3. The zero-order valence-corrected chi connectivity index (χ0v) is 14.2. The van der Waals surface area contributed by atoms with Crippen LogP contribution in [0.2, 0.25) is 0 Å². The standard InChI is InChI=1S/C18H27N3O2/c1-12(2)16(19)17(22)20-15-8-10-21(11-9-15)18(23)14-6-4-13(3)5-7-14/h4-7,12,15-16H,8-11,19H2,1-3H3,(H,20,22)/t16-/m0/s1. The van der Waals surface area contributed by atoms with E-state index >= 15 is 0 Å². The van der Waals surface area contributed by atoms with E-state index in [-0.39, 0.29) is 23.8 Å². The maximum atomic E-state index is 12.5.